The summed E-state index contributed by atoms with van der Waals surface area (Å²) < 4.78 is 0.933. The molecule has 0 rings (SSSR count). The molecule has 0 N–H and O–H groups in total. The molecule has 0 aliphatic rings. The zero-order valence-corrected chi connectivity index (χ0v) is 6.97. The Morgan fingerprint density at radius 2 is 2.14 bits per heavy atom. The van der Waals surface area contributed by atoms with Gasteiger partial charge in [0.05, 0.1) is 3.77 Å². The Hall–Kier alpha value is 0.570. The Labute approximate surface area is 58.4 Å². The number of hydrogen-bond acceptors (Lipinski definition) is 1. The molecule has 0 amide bonds. The van der Waals surface area contributed by atoms with Crippen LogP contribution < -0.4 is 0 Å². The minimum Gasteiger partial charge on any atom is -0.0768 e. The van der Waals surface area contributed by atoms with Crippen LogP contribution in [0.15, 0.2) is 0 Å². The van der Waals surface area contributed by atoms with Crippen molar-refractivity contribution in [3.8, 4) is 0 Å². The maximum atomic E-state index is 4.79. The van der Waals surface area contributed by atoms with Gasteiger partial charge in [0.15, 0.2) is 0 Å². The summed E-state index contributed by atoms with van der Waals surface area (Å²) in [4.78, 5) is 0. The Kier molecular flexibility index (Phi) is 3.85. The quantitative estimate of drug-likeness (QED) is 0.466. The predicted octanol–water partition coefficient (Wildman–Crippen LogP) is 2.75. The Balaban J connectivity index is 3.13. The van der Waals surface area contributed by atoms with Gasteiger partial charge in [0.2, 0.25) is 0 Å². The SMILES string of the molecule is CC(C)CC(=S)Br. The minimum atomic E-state index is 0.687. The summed E-state index contributed by atoms with van der Waals surface area (Å²) in [5.41, 5.74) is 0. The molecule has 0 aromatic carbocycles. The van der Waals surface area contributed by atoms with Crippen LogP contribution in [0.4, 0.5) is 0 Å². The van der Waals surface area contributed by atoms with Crippen LogP contribution in [0.25, 0.3) is 0 Å². The molecular formula is C5H9BrS. The predicted molar refractivity (Wildman–Crippen MR) is 41.0 cm³/mol. The van der Waals surface area contributed by atoms with E-state index in [-0.39, 0.29) is 0 Å². The van der Waals surface area contributed by atoms with Gasteiger partial charge in [-0.05, 0) is 28.3 Å². The molecule has 7 heavy (non-hydrogen) atoms. The van der Waals surface area contributed by atoms with Crippen molar-refractivity contribution in [3.05, 3.63) is 0 Å². The molecule has 0 bridgehead atoms. The number of hydrogen-bond donors (Lipinski definition) is 0. The van der Waals surface area contributed by atoms with Crippen LogP contribution in [0.1, 0.15) is 20.3 Å². The fourth-order valence-corrected chi connectivity index (χ4v) is 1.30. The van der Waals surface area contributed by atoms with Gasteiger partial charge in [-0.3, -0.25) is 0 Å². The summed E-state index contributed by atoms with van der Waals surface area (Å²) in [6.45, 7) is 4.29. The molecule has 42 valence electrons. The zero-order valence-electron chi connectivity index (χ0n) is 4.57. The molecule has 0 aromatic heterocycles. The van der Waals surface area contributed by atoms with Crippen LogP contribution in [0, 0.1) is 5.92 Å². The maximum Gasteiger partial charge on any atom is 0.0582 e. The van der Waals surface area contributed by atoms with Gasteiger partial charge < -0.3 is 0 Å². The van der Waals surface area contributed by atoms with Gasteiger partial charge in [-0.15, -0.1) is 0 Å². The van der Waals surface area contributed by atoms with Gasteiger partial charge in [0.25, 0.3) is 0 Å². The van der Waals surface area contributed by atoms with Crippen molar-refractivity contribution in [3.63, 3.8) is 0 Å². The lowest BCUT2D eigenvalue weighted by atomic mass is 10.2. The van der Waals surface area contributed by atoms with E-state index in [4.69, 9.17) is 12.2 Å². The normalized spacial score (nSPS) is 9.71. The first kappa shape index (κ1) is 7.57. The highest BCUT2D eigenvalue weighted by molar-refractivity contribution is 9.20. The summed E-state index contributed by atoms with van der Waals surface area (Å²) in [6.07, 6.45) is 1.01. The third-order valence-electron chi connectivity index (χ3n) is 0.569. The van der Waals surface area contributed by atoms with E-state index in [2.05, 4.69) is 29.8 Å². The summed E-state index contributed by atoms with van der Waals surface area (Å²) in [7, 11) is 0. The minimum absolute atomic E-state index is 0.687. The molecule has 0 saturated carbocycles. The molecule has 0 aliphatic carbocycles. The Morgan fingerprint density at radius 1 is 1.71 bits per heavy atom. The third-order valence-corrected chi connectivity index (χ3v) is 1.06. The third kappa shape index (κ3) is 6.57. The van der Waals surface area contributed by atoms with E-state index >= 15 is 0 Å². The lowest BCUT2D eigenvalue weighted by Crippen LogP contribution is -1.89. The summed E-state index contributed by atoms with van der Waals surface area (Å²) in [5, 5.41) is 0. The highest BCUT2D eigenvalue weighted by atomic mass is 79.9. The van der Waals surface area contributed by atoms with Gasteiger partial charge in [-0.1, -0.05) is 26.1 Å². The van der Waals surface area contributed by atoms with Crippen molar-refractivity contribution in [1.29, 1.82) is 0 Å². The van der Waals surface area contributed by atoms with E-state index in [0.29, 0.717) is 5.92 Å². The highest BCUT2D eigenvalue weighted by Crippen LogP contribution is 2.05. The number of thiocarbonyl (C=S) groups is 1. The van der Waals surface area contributed by atoms with Crippen molar-refractivity contribution >= 4 is 31.9 Å². The standard InChI is InChI=1S/C5H9BrS/c1-4(2)3-5(6)7/h4H,3H2,1-2H3. The number of halogens is 1. The first-order valence-corrected chi connectivity index (χ1v) is 3.51. The highest BCUT2D eigenvalue weighted by Gasteiger charge is 1.93. The van der Waals surface area contributed by atoms with Gasteiger partial charge in [0.1, 0.15) is 0 Å². The zero-order chi connectivity index (χ0) is 5.86. The van der Waals surface area contributed by atoms with Gasteiger partial charge in [-0.2, -0.15) is 0 Å². The topological polar surface area (TPSA) is 0 Å². The first-order valence-electron chi connectivity index (χ1n) is 2.31. The van der Waals surface area contributed by atoms with Crippen LogP contribution in [0.3, 0.4) is 0 Å². The molecule has 0 atom stereocenters. The van der Waals surface area contributed by atoms with Crippen LogP contribution in [-0.2, 0) is 0 Å². The monoisotopic (exact) mass is 180 g/mol. The van der Waals surface area contributed by atoms with Crippen molar-refractivity contribution in [2.45, 2.75) is 20.3 Å². The molecule has 0 spiro atoms. The molecule has 0 radical (unpaired) electrons. The van der Waals surface area contributed by atoms with E-state index in [1.165, 1.54) is 0 Å². The molecular weight excluding hydrogens is 172 g/mol. The second-order valence-electron chi connectivity index (χ2n) is 1.95. The lowest BCUT2D eigenvalue weighted by Gasteiger charge is -1.96. The second kappa shape index (κ2) is 3.56. The van der Waals surface area contributed by atoms with Crippen LogP contribution in [0.2, 0.25) is 0 Å². The van der Waals surface area contributed by atoms with Crippen molar-refractivity contribution in [2.24, 2.45) is 5.92 Å². The van der Waals surface area contributed by atoms with Gasteiger partial charge in [-0.25, -0.2) is 0 Å². The molecule has 0 saturated heterocycles. The first-order chi connectivity index (χ1) is 3.13. The van der Waals surface area contributed by atoms with Crippen molar-refractivity contribution in [2.75, 3.05) is 0 Å². The van der Waals surface area contributed by atoms with Crippen molar-refractivity contribution in [1.82, 2.24) is 0 Å². The molecule has 0 aliphatic heterocycles. The van der Waals surface area contributed by atoms with E-state index in [0.717, 1.165) is 10.2 Å². The molecule has 0 heterocycles. The van der Waals surface area contributed by atoms with E-state index < -0.39 is 0 Å². The van der Waals surface area contributed by atoms with E-state index in [1.54, 1.807) is 0 Å². The molecule has 0 nitrogen and oxygen atoms in total. The average molecular weight is 181 g/mol. The second-order valence-corrected chi connectivity index (χ2v) is 3.93. The Morgan fingerprint density at radius 3 is 2.14 bits per heavy atom. The van der Waals surface area contributed by atoms with E-state index in [9.17, 15) is 0 Å². The number of rotatable bonds is 2. The Bertz CT molecular complexity index is 68.5. The molecule has 0 unspecified atom stereocenters. The van der Waals surface area contributed by atoms with Gasteiger partial charge >= 0.3 is 0 Å². The van der Waals surface area contributed by atoms with Crippen LogP contribution in [0.5, 0.6) is 0 Å². The largest absolute Gasteiger partial charge is 0.0768 e. The van der Waals surface area contributed by atoms with Crippen molar-refractivity contribution < 1.29 is 0 Å². The fourth-order valence-electron chi connectivity index (χ4n) is 0.321. The summed E-state index contributed by atoms with van der Waals surface area (Å²) >= 11 is 7.99. The smallest absolute Gasteiger partial charge is 0.0582 e. The fraction of sp³-hybridized carbons (Fsp3) is 0.800. The van der Waals surface area contributed by atoms with E-state index in [1.807, 2.05) is 0 Å². The lowest BCUT2D eigenvalue weighted by molar-refractivity contribution is 0.693. The summed E-state index contributed by atoms with van der Waals surface area (Å²) in [5.74, 6) is 0.687. The molecule has 2 heteroatoms. The van der Waals surface area contributed by atoms with Crippen LogP contribution in [-0.4, -0.2) is 3.77 Å². The average Bonchev–Trinajstić information content (AvgIpc) is 1.27. The molecule has 0 fully saturated rings. The van der Waals surface area contributed by atoms with Crippen LogP contribution >= 0.6 is 28.1 Å². The van der Waals surface area contributed by atoms with Gasteiger partial charge in [0, 0.05) is 0 Å². The maximum absolute atomic E-state index is 4.79. The molecule has 0 aromatic rings. The summed E-state index contributed by atoms with van der Waals surface area (Å²) in [6, 6.07) is 0.